The number of benzene rings is 2. The Labute approximate surface area is 195 Å². The Balaban J connectivity index is 1.40. The van der Waals surface area contributed by atoms with Crippen LogP contribution in [0.25, 0.3) is 17.0 Å². The summed E-state index contributed by atoms with van der Waals surface area (Å²) in [6.45, 7) is 1.45. The average molecular weight is 483 g/mol. The number of amides is 1. The van der Waals surface area contributed by atoms with Crippen LogP contribution < -0.4 is 19.5 Å². The summed E-state index contributed by atoms with van der Waals surface area (Å²) < 4.78 is 40.0. The van der Waals surface area contributed by atoms with Gasteiger partial charge in [-0.3, -0.25) is 4.79 Å². The molecule has 2 aromatic heterocycles. The van der Waals surface area contributed by atoms with Crippen LogP contribution in [0.15, 0.2) is 65.6 Å². The molecule has 0 saturated carbocycles. The monoisotopic (exact) mass is 482 g/mol. The summed E-state index contributed by atoms with van der Waals surface area (Å²) in [4.78, 5) is 11.2. The van der Waals surface area contributed by atoms with Gasteiger partial charge in [0.1, 0.15) is 12.4 Å². The zero-order valence-corrected chi connectivity index (χ0v) is 19.2. The number of rotatable bonds is 9. The van der Waals surface area contributed by atoms with Gasteiger partial charge in [-0.05, 0) is 42.5 Å². The van der Waals surface area contributed by atoms with Gasteiger partial charge in [-0.1, -0.05) is 12.1 Å². The van der Waals surface area contributed by atoms with E-state index < -0.39 is 10.0 Å². The van der Waals surface area contributed by atoms with Crippen molar-refractivity contribution in [1.82, 2.24) is 24.5 Å². The average Bonchev–Trinajstić information content (AvgIpc) is 3.25. The van der Waals surface area contributed by atoms with Crippen LogP contribution in [0.4, 0.5) is 5.69 Å². The number of methoxy groups -OCH3 is 1. The molecule has 2 aromatic carbocycles. The number of nitrogens with one attached hydrogen (secondary N) is 2. The fraction of sp³-hybridized carbons (Fsp3) is 0.182. The van der Waals surface area contributed by atoms with E-state index in [-0.39, 0.29) is 29.8 Å². The zero-order chi connectivity index (χ0) is 24.1. The van der Waals surface area contributed by atoms with Crippen molar-refractivity contribution >= 4 is 27.3 Å². The van der Waals surface area contributed by atoms with Gasteiger partial charge in [0.15, 0.2) is 11.5 Å². The van der Waals surface area contributed by atoms with Crippen LogP contribution in [0, 0.1) is 0 Å². The molecule has 0 aliphatic heterocycles. The quantitative estimate of drug-likeness (QED) is 0.346. The lowest BCUT2D eigenvalue weighted by atomic mass is 10.2. The lowest BCUT2D eigenvalue weighted by molar-refractivity contribution is -0.114. The molecule has 0 fully saturated rings. The lowest BCUT2D eigenvalue weighted by Gasteiger charge is -2.09. The maximum Gasteiger partial charge on any atom is 0.240 e. The van der Waals surface area contributed by atoms with E-state index in [4.69, 9.17) is 9.47 Å². The molecule has 0 aliphatic carbocycles. The normalized spacial score (nSPS) is 11.4. The van der Waals surface area contributed by atoms with Crippen LogP contribution in [0.1, 0.15) is 6.92 Å². The van der Waals surface area contributed by atoms with E-state index in [1.54, 1.807) is 19.2 Å². The Morgan fingerprint density at radius 3 is 2.53 bits per heavy atom. The van der Waals surface area contributed by atoms with Crippen LogP contribution in [-0.2, 0) is 14.8 Å². The van der Waals surface area contributed by atoms with Gasteiger partial charge in [0.05, 0.1) is 17.6 Å². The van der Waals surface area contributed by atoms with Crippen molar-refractivity contribution < 1.29 is 22.7 Å². The minimum absolute atomic E-state index is 0.0248. The van der Waals surface area contributed by atoms with Crippen molar-refractivity contribution in [2.24, 2.45) is 0 Å². The van der Waals surface area contributed by atoms with Gasteiger partial charge in [-0.2, -0.15) is 4.52 Å². The van der Waals surface area contributed by atoms with Crippen LogP contribution in [-0.4, -0.2) is 54.4 Å². The summed E-state index contributed by atoms with van der Waals surface area (Å²) in [6.07, 6.45) is 0. The SMILES string of the molecule is COc1ccccc1-c1nnc2ccc(OCCNS(=O)(=O)c3ccc(NC(C)=O)cc3)nn12. The topological polar surface area (TPSA) is 137 Å². The van der Waals surface area contributed by atoms with Crippen LogP contribution in [0.2, 0.25) is 0 Å². The fourth-order valence-electron chi connectivity index (χ4n) is 3.18. The van der Waals surface area contributed by atoms with Crippen molar-refractivity contribution in [2.45, 2.75) is 11.8 Å². The molecule has 34 heavy (non-hydrogen) atoms. The number of aromatic nitrogens is 4. The third-order valence-electron chi connectivity index (χ3n) is 4.72. The molecule has 0 aliphatic rings. The van der Waals surface area contributed by atoms with Gasteiger partial charge in [0.2, 0.25) is 21.8 Å². The Morgan fingerprint density at radius 1 is 1.03 bits per heavy atom. The summed E-state index contributed by atoms with van der Waals surface area (Å²) in [5.74, 6) is 1.16. The van der Waals surface area contributed by atoms with Crippen LogP contribution in [0.3, 0.4) is 0 Å². The molecule has 0 atom stereocenters. The van der Waals surface area contributed by atoms with E-state index in [9.17, 15) is 13.2 Å². The molecule has 0 unspecified atom stereocenters. The Bertz CT molecular complexity index is 1420. The van der Waals surface area contributed by atoms with E-state index in [0.29, 0.717) is 22.9 Å². The van der Waals surface area contributed by atoms with Gasteiger partial charge < -0.3 is 14.8 Å². The van der Waals surface area contributed by atoms with E-state index in [1.165, 1.54) is 35.7 Å². The van der Waals surface area contributed by atoms with E-state index >= 15 is 0 Å². The smallest absolute Gasteiger partial charge is 0.240 e. The Kier molecular flexibility index (Phi) is 6.70. The van der Waals surface area contributed by atoms with Gasteiger partial charge in [0.25, 0.3) is 0 Å². The first-order chi connectivity index (χ1) is 16.4. The molecule has 2 N–H and O–H groups in total. The molecule has 12 heteroatoms. The lowest BCUT2D eigenvalue weighted by Crippen LogP contribution is -2.28. The molecule has 4 rings (SSSR count). The zero-order valence-electron chi connectivity index (χ0n) is 18.4. The summed E-state index contributed by atoms with van der Waals surface area (Å²) in [5.41, 5.74) is 1.76. The summed E-state index contributed by atoms with van der Waals surface area (Å²) in [5, 5.41) is 15.3. The van der Waals surface area contributed by atoms with Gasteiger partial charge in [-0.25, -0.2) is 13.1 Å². The highest BCUT2D eigenvalue weighted by Gasteiger charge is 2.15. The van der Waals surface area contributed by atoms with Gasteiger partial charge in [-0.15, -0.1) is 15.3 Å². The maximum absolute atomic E-state index is 12.5. The third-order valence-corrected chi connectivity index (χ3v) is 6.19. The second-order valence-corrected chi connectivity index (χ2v) is 8.88. The fourth-order valence-corrected chi connectivity index (χ4v) is 4.20. The summed E-state index contributed by atoms with van der Waals surface area (Å²) >= 11 is 0. The second kappa shape index (κ2) is 9.85. The first-order valence-electron chi connectivity index (χ1n) is 10.2. The number of ether oxygens (including phenoxy) is 2. The highest BCUT2D eigenvalue weighted by Crippen LogP contribution is 2.28. The number of para-hydroxylation sites is 1. The number of carbonyl (C=O) groups is 1. The number of hydrogen-bond acceptors (Lipinski definition) is 8. The van der Waals surface area contributed by atoms with E-state index in [1.807, 2.05) is 24.3 Å². The number of carbonyl (C=O) groups excluding carboxylic acids is 1. The molecule has 1 amide bonds. The second-order valence-electron chi connectivity index (χ2n) is 7.12. The molecule has 176 valence electrons. The van der Waals surface area contributed by atoms with Crippen molar-refractivity contribution in [3.63, 3.8) is 0 Å². The standard InChI is InChI=1S/C22H22N6O5S/c1-15(29)24-16-7-9-17(10-8-16)34(30,31)23-13-14-33-21-12-11-20-25-26-22(28(20)27-21)18-5-3-4-6-19(18)32-2/h3-12,23H,13-14H2,1-2H3,(H,24,29). The Morgan fingerprint density at radius 2 is 1.79 bits per heavy atom. The summed E-state index contributed by atoms with van der Waals surface area (Å²) in [7, 11) is -2.17. The van der Waals surface area contributed by atoms with Crippen molar-refractivity contribution in [2.75, 3.05) is 25.6 Å². The van der Waals surface area contributed by atoms with Crippen molar-refractivity contribution in [3.05, 3.63) is 60.7 Å². The molecule has 2 heterocycles. The largest absolute Gasteiger partial charge is 0.496 e. The van der Waals surface area contributed by atoms with Crippen LogP contribution in [0.5, 0.6) is 11.6 Å². The molecule has 0 spiro atoms. The highest BCUT2D eigenvalue weighted by atomic mass is 32.2. The van der Waals surface area contributed by atoms with E-state index in [2.05, 4.69) is 25.3 Å². The molecule has 0 saturated heterocycles. The molecule has 0 radical (unpaired) electrons. The third kappa shape index (κ3) is 5.13. The number of fused-ring (bicyclic) bond motifs is 1. The molecular formula is C22H22N6O5S. The minimum Gasteiger partial charge on any atom is -0.496 e. The number of anilines is 1. The predicted molar refractivity (Wildman–Crippen MR) is 124 cm³/mol. The number of hydrogen-bond donors (Lipinski definition) is 2. The molecule has 11 nitrogen and oxygen atoms in total. The minimum atomic E-state index is -3.74. The highest BCUT2D eigenvalue weighted by molar-refractivity contribution is 7.89. The van der Waals surface area contributed by atoms with E-state index in [0.717, 1.165) is 5.56 Å². The van der Waals surface area contributed by atoms with Crippen molar-refractivity contribution in [1.29, 1.82) is 0 Å². The first-order valence-corrected chi connectivity index (χ1v) is 11.7. The number of nitrogens with zero attached hydrogens (tertiary/aromatic N) is 4. The predicted octanol–water partition coefficient (Wildman–Crippen LogP) is 2.12. The molecule has 0 bridgehead atoms. The Hall–Kier alpha value is -4.03. The summed E-state index contributed by atoms with van der Waals surface area (Å²) in [6, 6.07) is 16.6. The molecular weight excluding hydrogens is 460 g/mol. The molecule has 4 aromatic rings. The van der Waals surface area contributed by atoms with Gasteiger partial charge >= 0.3 is 0 Å². The van der Waals surface area contributed by atoms with Gasteiger partial charge in [0, 0.05) is 25.2 Å². The van der Waals surface area contributed by atoms with Crippen LogP contribution >= 0.6 is 0 Å². The maximum atomic E-state index is 12.5. The van der Waals surface area contributed by atoms with Crippen molar-refractivity contribution in [3.8, 4) is 23.0 Å². The number of sulfonamides is 1. The first kappa shape index (κ1) is 23.1.